The molecule has 0 N–H and O–H groups in total. The van der Waals surface area contributed by atoms with Crippen molar-refractivity contribution in [2.75, 3.05) is 23.5 Å². The van der Waals surface area contributed by atoms with Gasteiger partial charge in [0.1, 0.15) is 12.1 Å². The molecule has 7 nitrogen and oxygen atoms in total. The van der Waals surface area contributed by atoms with Crippen LogP contribution in [0.4, 0.5) is 5.82 Å². The molecule has 0 radical (unpaired) electrons. The van der Waals surface area contributed by atoms with Gasteiger partial charge < -0.3 is 4.90 Å². The number of rotatable bonds is 8. The Kier molecular flexibility index (Phi) is 6.50. The lowest BCUT2D eigenvalue weighted by molar-refractivity contribution is 0.343. The first-order valence-corrected chi connectivity index (χ1v) is 15.0. The molecular weight excluding hydrogens is 468 g/mol. The molecular formula is C25H32N4O3S2. The second-order valence-corrected chi connectivity index (χ2v) is 13.2. The van der Waals surface area contributed by atoms with Gasteiger partial charge in [0, 0.05) is 41.6 Å². The third kappa shape index (κ3) is 4.77. The summed E-state index contributed by atoms with van der Waals surface area (Å²) >= 11 is 0. The lowest BCUT2D eigenvalue weighted by Gasteiger charge is -2.35. The van der Waals surface area contributed by atoms with Gasteiger partial charge in [-0.2, -0.15) is 0 Å². The first-order chi connectivity index (χ1) is 16.3. The summed E-state index contributed by atoms with van der Waals surface area (Å²) in [5, 5.41) is 0.730. The normalized spacial score (nSPS) is 22.1. The van der Waals surface area contributed by atoms with E-state index in [4.69, 9.17) is 0 Å². The van der Waals surface area contributed by atoms with Gasteiger partial charge in [-0.25, -0.2) is 22.4 Å². The molecule has 0 amide bonds. The van der Waals surface area contributed by atoms with Crippen LogP contribution < -0.4 is 4.90 Å². The predicted molar refractivity (Wildman–Crippen MR) is 136 cm³/mol. The van der Waals surface area contributed by atoms with Crippen LogP contribution in [-0.2, 0) is 20.8 Å². The maximum atomic E-state index is 13.3. The van der Waals surface area contributed by atoms with Crippen LogP contribution in [0.1, 0.15) is 44.1 Å². The number of nitrogens with zero attached hydrogens (tertiary/aromatic N) is 4. The average molecular weight is 501 g/mol. The van der Waals surface area contributed by atoms with E-state index in [1.165, 1.54) is 23.1 Å². The highest BCUT2D eigenvalue weighted by molar-refractivity contribution is 7.90. The van der Waals surface area contributed by atoms with Gasteiger partial charge in [-0.05, 0) is 75.5 Å². The van der Waals surface area contributed by atoms with Crippen LogP contribution in [0.2, 0.25) is 0 Å². The molecule has 182 valence electrons. The zero-order chi connectivity index (χ0) is 23.9. The van der Waals surface area contributed by atoms with E-state index < -0.39 is 20.8 Å². The maximum Gasteiger partial charge on any atom is 0.269 e. The Hall–Kier alpha value is -2.26. The van der Waals surface area contributed by atoms with Crippen molar-refractivity contribution in [1.29, 1.82) is 0 Å². The van der Waals surface area contributed by atoms with E-state index in [-0.39, 0.29) is 4.90 Å². The molecule has 2 saturated carbocycles. The summed E-state index contributed by atoms with van der Waals surface area (Å²) < 4.78 is 40.2. The van der Waals surface area contributed by atoms with Gasteiger partial charge >= 0.3 is 0 Å². The SMILES string of the molecule is Cc1ccc(S(=O)(=O)n2ccc3c(N(C)C4CCC(CS(=O)CC5CC5)CC4)ncnc32)cc1. The van der Waals surface area contributed by atoms with Crippen LogP contribution in [0.15, 0.2) is 47.8 Å². The number of aromatic nitrogens is 3. The third-order valence-corrected chi connectivity index (χ3v) is 10.6. The second kappa shape index (κ2) is 9.41. The summed E-state index contributed by atoms with van der Waals surface area (Å²) in [6.45, 7) is 1.93. The highest BCUT2D eigenvalue weighted by atomic mass is 32.2. The van der Waals surface area contributed by atoms with E-state index in [1.807, 2.05) is 14.0 Å². The average Bonchev–Trinajstić information content (AvgIpc) is 3.52. The molecule has 1 aromatic carbocycles. The molecule has 0 aliphatic heterocycles. The van der Waals surface area contributed by atoms with E-state index >= 15 is 0 Å². The third-order valence-electron chi connectivity index (χ3n) is 7.24. The summed E-state index contributed by atoms with van der Waals surface area (Å²) in [6, 6.07) is 8.96. The lowest BCUT2D eigenvalue weighted by Crippen LogP contribution is -2.36. The molecule has 2 heterocycles. The van der Waals surface area contributed by atoms with Crippen LogP contribution in [0.3, 0.4) is 0 Å². The largest absolute Gasteiger partial charge is 0.356 e. The molecule has 2 fully saturated rings. The highest BCUT2D eigenvalue weighted by Gasteiger charge is 2.30. The summed E-state index contributed by atoms with van der Waals surface area (Å²) in [5.74, 6) is 3.73. The number of hydrogen-bond acceptors (Lipinski definition) is 6. The van der Waals surface area contributed by atoms with E-state index in [1.54, 1.807) is 36.5 Å². The van der Waals surface area contributed by atoms with Crippen LogP contribution >= 0.6 is 0 Å². The lowest BCUT2D eigenvalue weighted by atomic mass is 9.86. The predicted octanol–water partition coefficient (Wildman–Crippen LogP) is 4.13. The van der Waals surface area contributed by atoms with Crippen molar-refractivity contribution in [3.05, 3.63) is 48.4 Å². The van der Waals surface area contributed by atoms with E-state index in [9.17, 15) is 12.6 Å². The van der Waals surface area contributed by atoms with Gasteiger partial charge in [-0.15, -0.1) is 0 Å². The first-order valence-electron chi connectivity index (χ1n) is 12.0. The molecule has 1 unspecified atom stereocenters. The minimum atomic E-state index is -3.75. The number of fused-ring (bicyclic) bond motifs is 1. The molecule has 2 aliphatic carbocycles. The zero-order valence-corrected chi connectivity index (χ0v) is 21.4. The molecule has 0 spiro atoms. The van der Waals surface area contributed by atoms with Crippen molar-refractivity contribution in [3.63, 3.8) is 0 Å². The summed E-state index contributed by atoms with van der Waals surface area (Å²) in [5.41, 5.74) is 1.40. The smallest absolute Gasteiger partial charge is 0.269 e. The van der Waals surface area contributed by atoms with Gasteiger partial charge in [0.15, 0.2) is 5.65 Å². The van der Waals surface area contributed by atoms with Crippen molar-refractivity contribution in [2.24, 2.45) is 11.8 Å². The molecule has 2 aliphatic rings. The number of hydrogen-bond donors (Lipinski definition) is 0. The fraction of sp³-hybridized carbons (Fsp3) is 0.520. The Labute approximate surface area is 204 Å². The maximum absolute atomic E-state index is 13.3. The molecule has 5 rings (SSSR count). The second-order valence-electron chi connectivity index (χ2n) is 9.87. The minimum Gasteiger partial charge on any atom is -0.356 e. The fourth-order valence-corrected chi connectivity index (χ4v) is 8.12. The van der Waals surface area contributed by atoms with Crippen molar-refractivity contribution in [3.8, 4) is 0 Å². The van der Waals surface area contributed by atoms with E-state index in [0.717, 1.165) is 54.0 Å². The highest BCUT2D eigenvalue weighted by Crippen LogP contribution is 2.34. The summed E-state index contributed by atoms with van der Waals surface area (Å²) in [4.78, 5) is 11.3. The number of anilines is 1. The molecule has 3 aromatic rings. The van der Waals surface area contributed by atoms with Crippen molar-refractivity contribution in [2.45, 2.75) is 56.4 Å². The Morgan fingerprint density at radius 2 is 1.59 bits per heavy atom. The molecule has 9 heteroatoms. The Balaban J connectivity index is 1.32. The van der Waals surface area contributed by atoms with Crippen molar-refractivity contribution < 1.29 is 12.6 Å². The van der Waals surface area contributed by atoms with Gasteiger partial charge in [0.2, 0.25) is 0 Å². The summed E-state index contributed by atoms with van der Waals surface area (Å²) in [7, 11) is -2.40. The van der Waals surface area contributed by atoms with E-state index in [0.29, 0.717) is 23.5 Å². The topological polar surface area (TPSA) is 85.2 Å². The minimum absolute atomic E-state index is 0.238. The van der Waals surface area contributed by atoms with Gasteiger partial charge in [-0.3, -0.25) is 4.21 Å². The Morgan fingerprint density at radius 3 is 2.21 bits per heavy atom. The van der Waals surface area contributed by atoms with Gasteiger partial charge in [0.05, 0.1) is 10.3 Å². The number of aryl methyl sites for hydroxylation is 1. The van der Waals surface area contributed by atoms with Crippen molar-refractivity contribution in [1.82, 2.24) is 13.9 Å². The van der Waals surface area contributed by atoms with E-state index in [2.05, 4.69) is 14.9 Å². The summed E-state index contributed by atoms with van der Waals surface area (Å²) in [6.07, 6.45) is 9.71. The number of benzene rings is 1. The van der Waals surface area contributed by atoms with Crippen LogP contribution in [0.5, 0.6) is 0 Å². The molecule has 0 saturated heterocycles. The Morgan fingerprint density at radius 1 is 0.971 bits per heavy atom. The molecule has 2 aromatic heterocycles. The molecule has 34 heavy (non-hydrogen) atoms. The van der Waals surface area contributed by atoms with Crippen LogP contribution in [0, 0.1) is 18.8 Å². The quantitative estimate of drug-likeness (QED) is 0.462. The fourth-order valence-electron chi connectivity index (χ4n) is 4.96. The van der Waals surface area contributed by atoms with Gasteiger partial charge in [-0.1, -0.05) is 17.7 Å². The monoisotopic (exact) mass is 500 g/mol. The standard InChI is InChI=1S/C25H32N4O3S2/c1-18-3-11-22(12-4-18)34(31,32)29-14-13-23-24(26-17-27-25(23)29)28(2)21-9-7-20(8-10-21)16-33(30)15-19-5-6-19/h3-4,11-14,17,19-21H,5-10,15-16H2,1-2H3. The van der Waals surface area contributed by atoms with Crippen LogP contribution in [0.25, 0.3) is 11.0 Å². The zero-order valence-electron chi connectivity index (χ0n) is 19.8. The Bertz CT molecular complexity index is 1290. The van der Waals surface area contributed by atoms with Crippen molar-refractivity contribution >= 4 is 37.7 Å². The molecule has 0 bridgehead atoms. The van der Waals surface area contributed by atoms with Crippen LogP contribution in [-0.4, -0.2) is 51.2 Å². The molecule has 1 atom stereocenters. The first kappa shape index (κ1) is 23.5. The van der Waals surface area contributed by atoms with Gasteiger partial charge in [0.25, 0.3) is 10.0 Å².